The van der Waals surface area contributed by atoms with Crippen molar-refractivity contribution in [2.45, 2.75) is 0 Å². The van der Waals surface area contributed by atoms with Gasteiger partial charge < -0.3 is 10.2 Å². The molecule has 0 unspecified atom stereocenters. The van der Waals surface area contributed by atoms with Crippen molar-refractivity contribution < 1.29 is 9.18 Å². The molecule has 0 bridgehead atoms. The van der Waals surface area contributed by atoms with Crippen LogP contribution in [0.2, 0.25) is 0 Å². The summed E-state index contributed by atoms with van der Waals surface area (Å²) in [7, 11) is 3.83. The molecule has 0 atom stereocenters. The van der Waals surface area contributed by atoms with Crippen molar-refractivity contribution in [3.05, 3.63) is 54.1 Å². The molecule has 98 valence electrons. The summed E-state index contributed by atoms with van der Waals surface area (Å²) < 4.78 is 12.9. The minimum Gasteiger partial charge on any atom is -0.378 e. The van der Waals surface area contributed by atoms with Crippen molar-refractivity contribution in [3.8, 4) is 0 Å². The maximum atomic E-state index is 12.9. The SMILES string of the molecule is CN(C)c1cccc(NC(=O)c2ccnc(F)c2)c1. The number of aromatic nitrogens is 1. The molecule has 0 aliphatic rings. The van der Waals surface area contributed by atoms with Crippen molar-refractivity contribution in [1.29, 1.82) is 0 Å². The highest BCUT2D eigenvalue weighted by Gasteiger charge is 2.08. The lowest BCUT2D eigenvalue weighted by Crippen LogP contribution is -2.13. The quantitative estimate of drug-likeness (QED) is 0.861. The van der Waals surface area contributed by atoms with E-state index in [1.807, 2.05) is 37.2 Å². The Balaban J connectivity index is 2.17. The second-order valence-electron chi connectivity index (χ2n) is 4.27. The first-order chi connectivity index (χ1) is 9.06. The van der Waals surface area contributed by atoms with Gasteiger partial charge in [0.15, 0.2) is 0 Å². The Morgan fingerprint density at radius 1 is 1.26 bits per heavy atom. The minimum atomic E-state index is -0.672. The highest BCUT2D eigenvalue weighted by molar-refractivity contribution is 6.04. The van der Waals surface area contributed by atoms with Crippen LogP contribution in [0.15, 0.2) is 42.6 Å². The maximum Gasteiger partial charge on any atom is 0.255 e. The fourth-order valence-electron chi connectivity index (χ4n) is 1.61. The molecule has 2 aromatic rings. The molecule has 1 aromatic carbocycles. The fourth-order valence-corrected chi connectivity index (χ4v) is 1.61. The number of pyridine rings is 1. The van der Waals surface area contributed by atoms with Crippen molar-refractivity contribution >= 4 is 17.3 Å². The van der Waals surface area contributed by atoms with Crippen LogP contribution in [0.25, 0.3) is 0 Å². The van der Waals surface area contributed by atoms with Crippen molar-refractivity contribution in [3.63, 3.8) is 0 Å². The van der Waals surface area contributed by atoms with Crippen LogP contribution >= 0.6 is 0 Å². The summed E-state index contributed by atoms with van der Waals surface area (Å²) in [5, 5.41) is 2.72. The monoisotopic (exact) mass is 259 g/mol. The third kappa shape index (κ3) is 3.28. The molecule has 4 nitrogen and oxygen atoms in total. The molecule has 1 heterocycles. The van der Waals surface area contributed by atoms with E-state index in [4.69, 9.17) is 0 Å². The molecule has 0 aliphatic carbocycles. The van der Waals surface area contributed by atoms with Crippen LogP contribution in [0, 0.1) is 5.95 Å². The molecule has 1 N–H and O–H groups in total. The van der Waals surface area contributed by atoms with E-state index in [1.165, 1.54) is 12.3 Å². The zero-order chi connectivity index (χ0) is 13.8. The van der Waals surface area contributed by atoms with E-state index in [0.29, 0.717) is 5.69 Å². The molecule has 0 spiro atoms. The van der Waals surface area contributed by atoms with Gasteiger partial charge in [-0.2, -0.15) is 4.39 Å². The second kappa shape index (κ2) is 5.48. The van der Waals surface area contributed by atoms with Crippen LogP contribution in [-0.4, -0.2) is 25.0 Å². The Labute approximate surface area is 110 Å². The highest BCUT2D eigenvalue weighted by atomic mass is 19.1. The number of hydrogen-bond acceptors (Lipinski definition) is 3. The van der Waals surface area contributed by atoms with E-state index < -0.39 is 5.95 Å². The molecule has 0 saturated heterocycles. The highest BCUT2D eigenvalue weighted by Crippen LogP contribution is 2.18. The third-order valence-electron chi connectivity index (χ3n) is 2.61. The molecule has 5 heteroatoms. The van der Waals surface area contributed by atoms with Crippen molar-refractivity contribution in [2.24, 2.45) is 0 Å². The molecule has 0 aliphatic heterocycles. The van der Waals surface area contributed by atoms with Crippen LogP contribution in [0.4, 0.5) is 15.8 Å². The summed E-state index contributed by atoms with van der Waals surface area (Å²) in [5.74, 6) is -1.04. The number of hydrogen-bond donors (Lipinski definition) is 1. The summed E-state index contributed by atoms with van der Waals surface area (Å²) in [5.41, 5.74) is 1.87. The van der Waals surface area contributed by atoms with Crippen molar-refractivity contribution in [2.75, 3.05) is 24.3 Å². The van der Waals surface area contributed by atoms with Gasteiger partial charge in [0.1, 0.15) is 0 Å². The third-order valence-corrected chi connectivity index (χ3v) is 2.61. The molecular weight excluding hydrogens is 245 g/mol. The summed E-state index contributed by atoms with van der Waals surface area (Å²) in [6.45, 7) is 0. The van der Waals surface area contributed by atoms with E-state index >= 15 is 0 Å². The molecule has 1 aromatic heterocycles. The van der Waals surface area contributed by atoms with E-state index in [-0.39, 0.29) is 11.5 Å². The fraction of sp³-hybridized carbons (Fsp3) is 0.143. The smallest absolute Gasteiger partial charge is 0.255 e. The minimum absolute atomic E-state index is 0.239. The lowest BCUT2D eigenvalue weighted by atomic mass is 10.2. The van der Waals surface area contributed by atoms with Gasteiger partial charge in [-0.05, 0) is 24.3 Å². The molecule has 1 amide bonds. The lowest BCUT2D eigenvalue weighted by molar-refractivity contribution is 0.102. The molecule has 0 saturated carbocycles. The predicted octanol–water partition coefficient (Wildman–Crippen LogP) is 2.54. The van der Waals surface area contributed by atoms with E-state index in [2.05, 4.69) is 10.3 Å². The Morgan fingerprint density at radius 2 is 2.05 bits per heavy atom. The Kier molecular flexibility index (Phi) is 3.75. The number of carbonyl (C=O) groups is 1. The van der Waals surface area contributed by atoms with Gasteiger partial charge in [0.2, 0.25) is 5.95 Å². The first kappa shape index (κ1) is 13.0. The van der Waals surface area contributed by atoms with Crippen LogP contribution in [0.3, 0.4) is 0 Å². The summed E-state index contributed by atoms with van der Waals surface area (Å²) in [6, 6.07) is 9.97. The van der Waals surface area contributed by atoms with E-state index in [0.717, 1.165) is 11.8 Å². The predicted molar refractivity (Wildman–Crippen MR) is 72.9 cm³/mol. The zero-order valence-corrected chi connectivity index (χ0v) is 10.7. The second-order valence-corrected chi connectivity index (χ2v) is 4.27. The van der Waals surface area contributed by atoms with Crippen molar-refractivity contribution in [1.82, 2.24) is 4.98 Å². The summed E-state index contributed by atoms with van der Waals surface area (Å²) in [6.07, 6.45) is 1.26. The van der Waals surface area contributed by atoms with Gasteiger partial charge >= 0.3 is 0 Å². The zero-order valence-electron chi connectivity index (χ0n) is 10.7. The van der Waals surface area contributed by atoms with E-state index in [1.54, 1.807) is 6.07 Å². The van der Waals surface area contributed by atoms with Gasteiger partial charge in [0.25, 0.3) is 5.91 Å². The first-order valence-corrected chi connectivity index (χ1v) is 5.76. The Morgan fingerprint density at radius 3 is 2.74 bits per heavy atom. The number of nitrogens with zero attached hydrogens (tertiary/aromatic N) is 2. The van der Waals surface area contributed by atoms with Crippen LogP contribution in [-0.2, 0) is 0 Å². The Hall–Kier alpha value is -2.43. The molecular formula is C14H14FN3O. The molecule has 0 fully saturated rings. The van der Waals surface area contributed by atoms with Gasteiger partial charge in [0, 0.05) is 43.3 Å². The molecule has 0 radical (unpaired) electrons. The summed E-state index contributed by atoms with van der Waals surface area (Å²) >= 11 is 0. The number of amides is 1. The lowest BCUT2D eigenvalue weighted by Gasteiger charge is -2.14. The van der Waals surface area contributed by atoms with Crippen LogP contribution < -0.4 is 10.2 Å². The molecule has 2 rings (SSSR count). The summed E-state index contributed by atoms with van der Waals surface area (Å²) in [4.78, 5) is 17.3. The maximum absolute atomic E-state index is 12.9. The molecule has 19 heavy (non-hydrogen) atoms. The van der Waals surface area contributed by atoms with Gasteiger partial charge in [-0.1, -0.05) is 6.07 Å². The number of rotatable bonds is 3. The van der Waals surface area contributed by atoms with Gasteiger partial charge in [-0.25, -0.2) is 4.98 Å². The standard InChI is InChI=1S/C14H14FN3O/c1-18(2)12-5-3-4-11(9-12)17-14(19)10-6-7-16-13(15)8-10/h3-9H,1-2H3,(H,17,19). The number of halogens is 1. The average molecular weight is 259 g/mol. The number of benzene rings is 1. The topological polar surface area (TPSA) is 45.2 Å². The van der Waals surface area contributed by atoms with Crippen LogP contribution in [0.1, 0.15) is 10.4 Å². The number of carbonyl (C=O) groups excluding carboxylic acids is 1. The number of anilines is 2. The van der Waals surface area contributed by atoms with Crippen LogP contribution in [0.5, 0.6) is 0 Å². The Bertz CT molecular complexity index is 599. The number of nitrogens with one attached hydrogen (secondary N) is 1. The first-order valence-electron chi connectivity index (χ1n) is 5.76. The van der Waals surface area contributed by atoms with E-state index in [9.17, 15) is 9.18 Å². The largest absolute Gasteiger partial charge is 0.378 e. The normalized spacial score (nSPS) is 10.1. The van der Waals surface area contributed by atoms with Gasteiger partial charge in [-0.15, -0.1) is 0 Å². The van der Waals surface area contributed by atoms with Gasteiger partial charge in [0.05, 0.1) is 0 Å². The van der Waals surface area contributed by atoms with Gasteiger partial charge in [-0.3, -0.25) is 4.79 Å². The average Bonchev–Trinajstić information content (AvgIpc) is 2.39.